The molecule has 2 aromatic heterocycles. The Bertz CT molecular complexity index is 601. The predicted octanol–water partition coefficient (Wildman–Crippen LogP) is 3.71. The van der Waals surface area contributed by atoms with Gasteiger partial charge in [-0.25, -0.2) is 14.6 Å². The highest BCUT2D eigenvalue weighted by Crippen LogP contribution is 2.22. The summed E-state index contributed by atoms with van der Waals surface area (Å²) in [6.45, 7) is 9.04. The van der Waals surface area contributed by atoms with Crippen LogP contribution < -0.4 is 5.32 Å². The summed E-state index contributed by atoms with van der Waals surface area (Å²) in [5, 5.41) is 8.44. The van der Waals surface area contributed by atoms with Crippen LogP contribution >= 0.6 is 11.6 Å². The van der Waals surface area contributed by atoms with Gasteiger partial charge in [-0.1, -0.05) is 25.4 Å². The van der Waals surface area contributed by atoms with E-state index in [1.165, 1.54) is 0 Å². The van der Waals surface area contributed by atoms with Gasteiger partial charge in [0.2, 0.25) is 0 Å². The molecule has 114 valence electrons. The molecule has 0 bridgehead atoms. The molecule has 21 heavy (non-hydrogen) atoms. The van der Waals surface area contributed by atoms with Crippen molar-refractivity contribution >= 4 is 17.4 Å². The summed E-state index contributed by atoms with van der Waals surface area (Å²) in [4.78, 5) is 9.26. The molecular weight excluding hydrogens is 286 g/mol. The zero-order chi connectivity index (χ0) is 15.4. The maximum absolute atomic E-state index is 6.11. The van der Waals surface area contributed by atoms with Gasteiger partial charge in [0.25, 0.3) is 0 Å². The van der Waals surface area contributed by atoms with Crippen LogP contribution in [0, 0.1) is 13.8 Å². The number of halogens is 1. The molecule has 0 unspecified atom stereocenters. The number of hydrogen-bond acceptors (Lipinski definition) is 4. The van der Waals surface area contributed by atoms with E-state index in [0.29, 0.717) is 5.02 Å². The number of rotatable bonds is 6. The van der Waals surface area contributed by atoms with Gasteiger partial charge in [0.15, 0.2) is 5.82 Å². The summed E-state index contributed by atoms with van der Waals surface area (Å²) >= 11 is 6.11. The second-order valence-corrected chi connectivity index (χ2v) is 5.53. The molecule has 0 spiro atoms. The van der Waals surface area contributed by atoms with Gasteiger partial charge in [-0.2, -0.15) is 5.10 Å². The third kappa shape index (κ3) is 3.53. The molecular formula is C15H22ClN5. The monoisotopic (exact) mass is 307 g/mol. The summed E-state index contributed by atoms with van der Waals surface area (Å²) in [5.74, 6) is 2.51. The van der Waals surface area contributed by atoms with E-state index in [4.69, 9.17) is 11.6 Å². The second kappa shape index (κ2) is 6.89. The molecule has 0 fully saturated rings. The summed E-state index contributed by atoms with van der Waals surface area (Å²) in [6, 6.07) is 0. The van der Waals surface area contributed by atoms with E-state index < -0.39 is 0 Å². The molecule has 0 amide bonds. The minimum absolute atomic E-state index is 0.646. The lowest BCUT2D eigenvalue weighted by Gasteiger charge is -2.13. The highest BCUT2D eigenvalue weighted by Gasteiger charge is 2.14. The highest BCUT2D eigenvalue weighted by atomic mass is 35.5. The SMILES string of the molecule is CCCNc1nc(CCC)nc(-n2cc(Cl)c(C)n2)c1C. The van der Waals surface area contributed by atoms with Crippen molar-refractivity contribution in [3.8, 4) is 5.82 Å². The first-order valence-corrected chi connectivity index (χ1v) is 7.78. The van der Waals surface area contributed by atoms with Gasteiger partial charge in [-0.3, -0.25) is 0 Å². The van der Waals surface area contributed by atoms with E-state index in [9.17, 15) is 0 Å². The summed E-state index contributed by atoms with van der Waals surface area (Å²) in [6.07, 6.45) is 4.71. The van der Waals surface area contributed by atoms with Crippen molar-refractivity contribution in [2.24, 2.45) is 0 Å². The predicted molar refractivity (Wildman–Crippen MR) is 86.4 cm³/mol. The van der Waals surface area contributed by atoms with Crippen LogP contribution in [-0.2, 0) is 6.42 Å². The van der Waals surface area contributed by atoms with Crippen LogP contribution in [0.3, 0.4) is 0 Å². The van der Waals surface area contributed by atoms with Crippen molar-refractivity contribution in [1.29, 1.82) is 0 Å². The van der Waals surface area contributed by atoms with Crippen LogP contribution in [0.1, 0.15) is 43.8 Å². The molecule has 1 N–H and O–H groups in total. The molecule has 0 aliphatic carbocycles. The van der Waals surface area contributed by atoms with Crippen LogP contribution in [-0.4, -0.2) is 26.3 Å². The van der Waals surface area contributed by atoms with Gasteiger partial charge in [0, 0.05) is 18.5 Å². The third-order valence-electron chi connectivity index (χ3n) is 3.24. The normalized spacial score (nSPS) is 10.9. The van der Waals surface area contributed by atoms with Gasteiger partial charge in [0.1, 0.15) is 11.6 Å². The van der Waals surface area contributed by atoms with Crippen LogP contribution in [0.4, 0.5) is 5.82 Å². The van der Waals surface area contributed by atoms with Crippen molar-refractivity contribution in [2.75, 3.05) is 11.9 Å². The number of aryl methyl sites for hydroxylation is 2. The zero-order valence-corrected chi connectivity index (χ0v) is 13.8. The van der Waals surface area contributed by atoms with E-state index >= 15 is 0 Å². The molecule has 5 nitrogen and oxygen atoms in total. The molecule has 0 saturated carbocycles. The first-order chi connectivity index (χ1) is 10.1. The minimum atomic E-state index is 0.646. The molecule has 0 saturated heterocycles. The minimum Gasteiger partial charge on any atom is -0.370 e. The molecule has 0 aliphatic rings. The molecule has 6 heteroatoms. The Hall–Kier alpha value is -1.62. The smallest absolute Gasteiger partial charge is 0.162 e. The first-order valence-electron chi connectivity index (χ1n) is 7.40. The highest BCUT2D eigenvalue weighted by molar-refractivity contribution is 6.31. The Morgan fingerprint density at radius 3 is 2.52 bits per heavy atom. The third-order valence-corrected chi connectivity index (χ3v) is 3.61. The lowest BCUT2D eigenvalue weighted by molar-refractivity contribution is 0.771. The maximum atomic E-state index is 6.11. The van der Waals surface area contributed by atoms with Crippen molar-refractivity contribution in [1.82, 2.24) is 19.7 Å². The van der Waals surface area contributed by atoms with E-state index in [1.54, 1.807) is 10.9 Å². The Morgan fingerprint density at radius 1 is 1.19 bits per heavy atom. The van der Waals surface area contributed by atoms with Crippen molar-refractivity contribution in [2.45, 2.75) is 47.0 Å². The lowest BCUT2D eigenvalue weighted by Crippen LogP contribution is -2.12. The van der Waals surface area contributed by atoms with Crippen molar-refractivity contribution in [3.63, 3.8) is 0 Å². The maximum Gasteiger partial charge on any atom is 0.162 e. The largest absolute Gasteiger partial charge is 0.370 e. The van der Waals surface area contributed by atoms with Crippen LogP contribution in [0.2, 0.25) is 5.02 Å². The van der Waals surface area contributed by atoms with Gasteiger partial charge < -0.3 is 5.32 Å². The van der Waals surface area contributed by atoms with E-state index in [-0.39, 0.29) is 0 Å². The number of nitrogens with zero attached hydrogens (tertiary/aromatic N) is 4. The van der Waals surface area contributed by atoms with Crippen LogP contribution in [0.25, 0.3) is 5.82 Å². The quantitative estimate of drug-likeness (QED) is 0.884. The van der Waals surface area contributed by atoms with Gasteiger partial charge in [0.05, 0.1) is 16.9 Å². The number of nitrogens with one attached hydrogen (secondary N) is 1. The molecule has 2 aromatic rings. The summed E-state index contributed by atoms with van der Waals surface area (Å²) < 4.78 is 1.74. The Kier molecular flexibility index (Phi) is 5.17. The zero-order valence-electron chi connectivity index (χ0n) is 13.1. The molecule has 0 aromatic carbocycles. The van der Waals surface area contributed by atoms with Crippen LogP contribution in [0.5, 0.6) is 0 Å². The topological polar surface area (TPSA) is 55.6 Å². The van der Waals surface area contributed by atoms with Gasteiger partial charge in [-0.05, 0) is 26.7 Å². The van der Waals surface area contributed by atoms with Crippen LogP contribution in [0.15, 0.2) is 6.20 Å². The summed E-state index contributed by atoms with van der Waals surface area (Å²) in [7, 11) is 0. The summed E-state index contributed by atoms with van der Waals surface area (Å²) in [5.41, 5.74) is 1.79. The molecule has 0 radical (unpaired) electrons. The number of hydrogen-bond donors (Lipinski definition) is 1. The standard InChI is InChI=1S/C15H22ClN5/c1-5-7-13-18-14(17-8-6-2)10(3)15(19-13)21-9-12(16)11(4)20-21/h9H,5-8H2,1-4H3,(H,17,18,19). The fraction of sp³-hybridized carbons (Fsp3) is 0.533. The fourth-order valence-electron chi connectivity index (χ4n) is 2.07. The van der Waals surface area contributed by atoms with Gasteiger partial charge >= 0.3 is 0 Å². The van der Waals surface area contributed by atoms with E-state index in [2.05, 4.69) is 34.2 Å². The molecule has 2 heterocycles. The molecule has 2 rings (SSSR count). The molecule has 0 atom stereocenters. The fourth-order valence-corrected chi connectivity index (χ4v) is 2.20. The number of anilines is 1. The Morgan fingerprint density at radius 2 is 1.95 bits per heavy atom. The second-order valence-electron chi connectivity index (χ2n) is 5.12. The molecule has 0 aliphatic heterocycles. The van der Waals surface area contributed by atoms with Gasteiger partial charge in [-0.15, -0.1) is 0 Å². The van der Waals surface area contributed by atoms with E-state index in [1.807, 2.05) is 13.8 Å². The first kappa shape index (κ1) is 15.8. The van der Waals surface area contributed by atoms with Crippen molar-refractivity contribution in [3.05, 3.63) is 28.3 Å². The van der Waals surface area contributed by atoms with E-state index in [0.717, 1.165) is 54.5 Å². The average molecular weight is 308 g/mol. The Labute approximate surface area is 130 Å². The Balaban J connectivity index is 2.49. The lowest BCUT2D eigenvalue weighted by atomic mass is 10.2. The number of aromatic nitrogens is 4. The average Bonchev–Trinajstić information content (AvgIpc) is 2.79. The van der Waals surface area contributed by atoms with Crippen molar-refractivity contribution < 1.29 is 0 Å².